The van der Waals surface area contributed by atoms with E-state index in [1.54, 1.807) is 29.4 Å². The van der Waals surface area contributed by atoms with Crippen molar-refractivity contribution in [1.82, 2.24) is 9.80 Å². The fourth-order valence-electron chi connectivity index (χ4n) is 3.25. The number of nitrogens with zero attached hydrogens (tertiary/aromatic N) is 2. The monoisotopic (exact) mass is 529 g/mol. The fraction of sp³-hybridized carbons (Fsp3) is 0.280. The summed E-state index contributed by atoms with van der Waals surface area (Å²) in [5, 5.41) is 4.92. The maximum absolute atomic E-state index is 13.4. The minimum absolute atomic E-state index is 0.0447. The van der Waals surface area contributed by atoms with Crippen LogP contribution in [0.15, 0.2) is 70.5 Å². The molecule has 3 amide bonds. The molecule has 0 spiro atoms. The summed E-state index contributed by atoms with van der Waals surface area (Å²) >= 11 is 5.08. The van der Waals surface area contributed by atoms with E-state index in [2.05, 4.69) is 27.3 Å². The van der Waals surface area contributed by atoms with Gasteiger partial charge in [-0.05, 0) is 57.6 Å². The van der Waals surface area contributed by atoms with Gasteiger partial charge in [-0.3, -0.25) is 4.79 Å². The molecule has 3 aromatic rings. The van der Waals surface area contributed by atoms with E-state index >= 15 is 0 Å². The van der Waals surface area contributed by atoms with Crippen LogP contribution >= 0.6 is 27.3 Å². The Kier molecular flexibility index (Phi) is 9.47. The minimum Gasteiger partial charge on any atom is -0.383 e. The Morgan fingerprint density at radius 2 is 1.73 bits per heavy atom. The molecule has 0 aliphatic rings. The van der Waals surface area contributed by atoms with Crippen molar-refractivity contribution in [1.29, 1.82) is 0 Å². The smallest absolute Gasteiger partial charge is 0.322 e. The van der Waals surface area contributed by atoms with Crippen LogP contribution in [-0.4, -0.2) is 48.5 Å². The molecule has 0 aliphatic carbocycles. The highest BCUT2D eigenvalue weighted by atomic mass is 79.9. The number of hydrogen-bond donors (Lipinski definition) is 1. The molecule has 0 unspecified atom stereocenters. The summed E-state index contributed by atoms with van der Waals surface area (Å²) in [6.45, 7) is 3.61. The van der Waals surface area contributed by atoms with Crippen LogP contribution in [0, 0.1) is 6.92 Å². The summed E-state index contributed by atoms with van der Waals surface area (Å²) in [6, 6.07) is 19.0. The molecule has 174 valence electrons. The number of ether oxygens (including phenoxy) is 1. The average molecular weight is 530 g/mol. The van der Waals surface area contributed by atoms with Crippen molar-refractivity contribution in [2.24, 2.45) is 0 Å². The number of hydrogen-bond acceptors (Lipinski definition) is 4. The number of nitrogens with one attached hydrogen (secondary N) is 1. The number of carbonyl (C=O) groups is 2. The third-order valence-corrected chi connectivity index (χ3v) is 6.86. The van der Waals surface area contributed by atoms with Crippen molar-refractivity contribution in [2.45, 2.75) is 20.0 Å². The molecule has 3 rings (SSSR count). The van der Waals surface area contributed by atoms with Gasteiger partial charge < -0.3 is 19.9 Å². The molecule has 33 heavy (non-hydrogen) atoms. The molecular formula is C25H28BrN3O3S. The molecule has 0 saturated heterocycles. The van der Waals surface area contributed by atoms with Crippen molar-refractivity contribution in [2.75, 3.05) is 32.1 Å². The number of thiophene rings is 1. The predicted molar refractivity (Wildman–Crippen MR) is 136 cm³/mol. The molecule has 2 aromatic carbocycles. The number of para-hydroxylation sites is 1. The van der Waals surface area contributed by atoms with Crippen LogP contribution in [-0.2, 0) is 22.6 Å². The first-order valence-corrected chi connectivity index (χ1v) is 12.3. The van der Waals surface area contributed by atoms with Crippen LogP contribution in [0.3, 0.4) is 0 Å². The van der Waals surface area contributed by atoms with E-state index in [1.807, 2.05) is 60.8 Å². The molecule has 0 saturated carbocycles. The summed E-state index contributed by atoms with van der Waals surface area (Å²) in [4.78, 5) is 30.9. The van der Waals surface area contributed by atoms with Crippen LogP contribution in [0.25, 0.3) is 0 Å². The zero-order valence-electron chi connectivity index (χ0n) is 18.8. The van der Waals surface area contributed by atoms with Gasteiger partial charge in [0, 0.05) is 29.5 Å². The SMILES string of the molecule is COCCN(CC(=O)N(Cc1ccccc1)Cc1sccc1C)C(=O)Nc1ccccc1Br. The topological polar surface area (TPSA) is 61.9 Å². The molecular weight excluding hydrogens is 502 g/mol. The molecule has 0 aliphatic heterocycles. The highest BCUT2D eigenvalue weighted by Crippen LogP contribution is 2.22. The van der Waals surface area contributed by atoms with Crippen molar-refractivity contribution < 1.29 is 14.3 Å². The first kappa shape index (κ1) is 25.0. The molecule has 0 atom stereocenters. The number of anilines is 1. The number of methoxy groups -OCH3 is 1. The normalized spacial score (nSPS) is 10.6. The Bertz CT molecular complexity index is 1060. The quantitative estimate of drug-likeness (QED) is 0.375. The first-order valence-electron chi connectivity index (χ1n) is 10.6. The van der Waals surface area contributed by atoms with Gasteiger partial charge in [-0.25, -0.2) is 4.79 Å². The van der Waals surface area contributed by atoms with Crippen molar-refractivity contribution >= 4 is 44.9 Å². The molecule has 1 heterocycles. The lowest BCUT2D eigenvalue weighted by Crippen LogP contribution is -2.45. The molecule has 0 bridgehead atoms. The van der Waals surface area contributed by atoms with E-state index < -0.39 is 0 Å². The van der Waals surface area contributed by atoms with Gasteiger partial charge in [0.15, 0.2) is 0 Å². The Morgan fingerprint density at radius 3 is 2.39 bits per heavy atom. The van der Waals surface area contributed by atoms with Gasteiger partial charge in [-0.15, -0.1) is 11.3 Å². The Balaban J connectivity index is 1.77. The van der Waals surface area contributed by atoms with Gasteiger partial charge >= 0.3 is 6.03 Å². The van der Waals surface area contributed by atoms with Crippen molar-refractivity contribution in [3.63, 3.8) is 0 Å². The number of amides is 3. The average Bonchev–Trinajstić information content (AvgIpc) is 3.22. The zero-order chi connectivity index (χ0) is 23.6. The van der Waals surface area contributed by atoms with E-state index in [4.69, 9.17) is 4.74 Å². The highest BCUT2D eigenvalue weighted by Gasteiger charge is 2.23. The number of halogens is 1. The van der Waals surface area contributed by atoms with Crippen LogP contribution in [0.5, 0.6) is 0 Å². The molecule has 0 fully saturated rings. The summed E-state index contributed by atoms with van der Waals surface area (Å²) in [5.74, 6) is -0.120. The second-order valence-corrected chi connectivity index (χ2v) is 9.44. The van der Waals surface area contributed by atoms with Crippen LogP contribution < -0.4 is 5.32 Å². The van der Waals surface area contributed by atoms with E-state index in [-0.39, 0.29) is 18.5 Å². The largest absolute Gasteiger partial charge is 0.383 e. The van der Waals surface area contributed by atoms with Crippen molar-refractivity contribution in [3.8, 4) is 0 Å². The first-order chi connectivity index (χ1) is 16.0. The van der Waals surface area contributed by atoms with Gasteiger partial charge in [-0.2, -0.15) is 0 Å². The second kappa shape index (κ2) is 12.5. The number of rotatable bonds is 10. The third kappa shape index (κ3) is 7.42. The fourth-order valence-corrected chi connectivity index (χ4v) is 4.55. The van der Waals surface area contributed by atoms with Crippen molar-refractivity contribution in [3.05, 3.63) is 86.5 Å². The Labute approximate surface area is 207 Å². The maximum atomic E-state index is 13.4. The third-order valence-electron chi connectivity index (χ3n) is 5.17. The van der Waals surface area contributed by atoms with Gasteiger partial charge in [0.1, 0.15) is 6.54 Å². The van der Waals surface area contributed by atoms with Crippen LogP contribution in [0.2, 0.25) is 0 Å². The lowest BCUT2D eigenvalue weighted by atomic mass is 10.2. The maximum Gasteiger partial charge on any atom is 0.322 e. The number of urea groups is 1. The lowest BCUT2D eigenvalue weighted by Gasteiger charge is -2.28. The lowest BCUT2D eigenvalue weighted by molar-refractivity contribution is -0.133. The van der Waals surface area contributed by atoms with Gasteiger partial charge in [0.25, 0.3) is 0 Å². The van der Waals surface area contributed by atoms with E-state index in [0.29, 0.717) is 31.9 Å². The number of carbonyl (C=O) groups excluding carboxylic acids is 2. The number of benzene rings is 2. The molecule has 1 N–H and O–H groups in total. The van der Waals surface area contributed by atoms with Crippen LogP contribution in [0.4, 0.5) is 10.5 Å². The standard InChI is InChI=1S/C25H28BrN3O3S/c1-19-12-15-33-23(19)17-29(16-20-8-4-3-5-9-20)24(30)18-28(13-14-32-2)25(31)27-22-11-7-6-10-21(22)26/h3-12,15H,13-14,16-18H2,1-2H3,(H,27,31). The highest BCUT2D eigenvalue weighted by molar-refractivity contribution is 9.10. The van der Waals surface area contributed by atoms with E-state index in [9.17, 15) is 9.59 Å². The second-order valence-electron chi connectivity index (χ2n) is 7.59. The summed E-state index contributed by atoms with van der Waals surface area (Å²) < 4.78 is 5.95. The number of aryl methyl sites for hydroxylation is 1. The Hall–Kier alpha value is -2.68. The zero-order valence-corrected chi connectivity index (χ0v) is 21.2. The summed E-state index contributed by atoms with van der Waals surface area (Å²) in [5.41, 5.74) is 2.85. The van der Waals surface area contributed by atoms with Gasteiger partial charge in [-0.1, -0.05) is 42.5 Å². The predicted octanol–water partition coefficient (Wildman–Crippen LogP) is 5.53. The Morgan fingerprint density at radius 1 is 1.00 bits per heavy atom. The van der Waals surface area contributed by atoms with E-state index in [0.717, 1.165) is 20.5 Å². The molecule has 0 radical (unpaired) electrons. The summed E-state index contributed by atoms with van der Waals surface area (Å²) in [7, 11) is 1.58. The molecule has 1 aromatic heterocycles. The molecule has 8 heteroatoms. The van der Waals surface area contributed by atoms with E-state index in [1.165, 1.54) is 4.90 Å². The van der Waals surface area contributed by atoms with Gasteiger partial charge in [0.05, 0.1) is 18.8 Å². The molecule has 6 nitrogen and oxygen atoms in total. The summed E-state index contributed by atoms with van der Waals surface area (Å²) in [6.07, 6.45) is 0. The van der Waals surface area contributed by atoms with Gasteiger partial charge in [0.2, 0.25) is 5.91 Å². The minimum atomic E-state index is -0.348. The van der Waals surface area contributed by atoms with Crippen LogP contribution in [0.1, 0.15) is 16.0 Å².